The van der Waals surface area contributed by atoms with E-state index in [0.717, 1.165) is 22.5 Å². The van der Waals surface area contributed by atoms with Crippen molar-refractivity contribution in [3.05, 3.63) is 78.6 Å². The van der Waals surface area contributed by atoms with Crippen molar-refractivity contribution in [1.82, 2.24) is 9.55 Å². The number of carbonyl (C=O) groups is 2. The lowest BCUT2D eigenvalue weighted by Gasteiger charge is -2.12. The maximum atomic E-state index is 13.2. The molecule has 0 aliphatic rings. The van der Waals surface area contributed by atoms with Crippen molar-refractivity contribution in [3.8, 4) is 5.75 Å². The van der Waals surface area contributed by atoms with E-state index in [0.29, 0.717) is 42.4 Å². The summed E-state index contributed by atoms with van der Waals surface area (Å²) in [6.45, 7) is 5.11. The third kappa shape index (κ3) is 5.09. The molecule has 4 rings (SSSR count). The third-order valence-electron chi connectivity index (χ3n) is 5.62. The molecule has 0 saturated heterocycles. The van der Waals surface area contributed by atoms with Crippen LogP contribution in [0.15, 0.2) is 41.5 Å². The van der Waals surface area contributed by atoms with Crippen LogP contribution in [0.4, 0.5) is 11.4 Å². The fourth-order valence-corrected chi connectivity index (χ4v) is 4.99. The van der Waals surface area contributed by atoms with Gasteiger partial charge in [-0.05, 0) is 55.7 Å². The van der Waals surface area contributed by atoms with Crippen LogP contribution in [0.5, 0.6) is 5.75 Å². The van der Waals surface area contributed by atoms with Gasteiger partial charge in [0.1, 0.15) is 17.1 Å². The fourth-order valence-electron chi connectivity index (χ4n) is 3.62. The second-order valence-electron chi connectivity index (χ2n) is 8.18. The number of fused-ring (bicyclic) bond motifs is 1. The predicted molar refractivity (Wildman–Crippen MR) is 144 cm³/mol. The van der Waals surface area contributed by atoms with E-state index < -0.39 is 17.4 Å². The van der Waals surface area contributed by atoms with Gasteiger partial charge in [0.2, 0.25) is 5.91 Å². The molecule has 4 aromatic rings. The van der Waals surface area contributed by atoms with Gasteiger partial charge in [0.25, 0.3) is 11.5 Å². The van der Waals surface area contributed by atoms with Crippen molar-refractivity contribution >= 4 is 67.9 Å². The Hall–Kier alpha value is -3.40. The lowest BCUT2D eigenvalue weighted by atomic mass is 10.2. The summed E-state index contributed by atoms with van der Waals surface area (Å²) in [5, 5.41) is 6.88. The van der Waals surface area contributed by atoms with Crippen LogP contribution in [-0.4, -0.2) is 28.5 Å². The number of carbonyl (C=O) groups excluding carboxylic acids is 2. The first-order chi connectivity index (χ1) is 17.1. The minimum absolute atomic E-state index is 0.245. The number of halogens is 2. The number of hydrogen-bond acceptors (Lipinski definition) is 6. The van der Waals surface area contributed by atoms with Gasteiger partial charge in [-0.2, -0.15) is 0 Å². The topological polar surface area (TPSA) is 102 Å². The van der Waals surface area contributed by atoms with Gasteiger partial charge in [-0.25, -0.2) is 4.98 Å². The van der Waals surface area contributed by atoms with Gasteiger partial charge in [0.05, 0.1) is 29.4 Å². The summed E-state index contributed by atoms with van der Waals surface area (Å²) in [6.07, 6.45) is 1.30. The van der Waals surface area contributed by atoms with Crippen LogP contribution in [0.3, 0.4) is 0 Å². The molecule has 0 aliphatic heterocycles. The zero-order chi connectivity index (χ0) is 26.1. The highest BCUT2D eigenvalue weighted by atomic mass is 35.5. The van der Waals surface area contributed by atoms with E-state index >= 15 is 0 Å². The number of methoxy groups -OCH3 is 1. The molecule has 11 heteroatoms. The van der Waals surface area contributed by atoms with Gasteiger partial charge in [-0.3, -0.25) is 19.0 Å². The number of aromatic nitrogens is 2. The number of benzene rings is 2. The Morgan fingerprint density at radius 2 is 1.78 bits per heavy atom. The zero-order valence-corrected chi connectivity index (χ0v) is 22.2. The van der Waals surface area contributed by atoms with Crippen LogP contribution in [-0.2, 0) is 11.3 Å². The molecule has 0 unspecified atom stereocenters. The van der Waals surface area contributed by atoms with Gasteiger partial charge >= 0.3 is 0 Å². The standard InChI is InChI=1S/C25H22Cl2N4O4S/c1-12-5-6-15(8-16(12)26)29-20(32)10-31-11-28-24-21(25(31)34)14(3)22(36-24)23(33)30-18-7-13(2)17(27)9-19(18)35-4/h5-9,11H,10H2,1-4H3,(H,29,32)(H,30,33). The van der Waals surface area contributed by atoms with Crippen LogP contribution >= 0.6 is 34.5 Å². The summed E-state index contributed by atoms with van der Waals surface area (Å²) in [7, 11) is 1.48. The number of amides is 2. The molecule has 0 atom stereocenters. The normalized spacial score (nSPS) is 10.9. The molecule has 2 N–H and O–H groups in total. The maximum absolute atomic E-state index is 13.2. The molecule has 2 aromatic carbocycles. The lowest BCUT2D eigenvalue weighted by molar-refractivity contribution is -0.116. The van der Waals surface area contributed by atoms with E-state index in [1.54, 1.807) is 37.3 Å². The summed E-state index contributed by atoms with van der Waals surface area (Å²) in [5.74, 6) is -0.399. The molecule has 2 amide bonds. The molecule has 0 aliphatic carbocycles. The highest BCUT2D eigenvalue weighted by molar-refractivity contribution is 7.20. The molecular weight excluding hydrogens is 523 g/mol. The van der Waals surface area contributed by atoms with E-state index in [1.165, 1.54) is 18.0 Å². The molecule has 0 radical (unpaired) electrons. The summed E-state index contributed by atoms with van der Waals surface area (Å²) >= 11 is 13.4. The Balaban J connectivity index is 1.59. The van der Waals surface area contributed by atoms with E-state index in [9.17, 15) is 14.4 Å². The first-order valence-electron chi connectivity index (χ1n) is 10.8. The second kappa shape index (κ2) is 10.3. The monoisotopic (exact) mass is 544 g/mol. The quantitative estimate of drug-likeness (QED) is 0.329. The number of anilines is 2. The SMILES string of the molecule is COc1cc(Cl)c(C)cc1NC(=O)c1sc2ncn(CC(=O)Nc3ccc(C)c(Cl)c3)c(=O)c2c1C. The van der Waals surface area contributed by atoms with Gasteiger partial charge in [-0.15, -0.1) is 11.3 Å². The van der Waals surface area contributed by atoms with Crippen molar-refractivity contribution in [2.75, 3.05) is 17.7 Å². The summed E-state index contributed by atoms with van der Waals surface area (Å²) in [4.78, 5) is 43.9. The molecule has 2 heterocycles. The number of thiophene rings is 1. The Labute approximate surface area is 220 Å². The number of hydrogen-bond donors (Lipinski definition) is 2. The Morgan fingerprint density at radius 3 is 2.47 bits per heavy atom. The average Bonchev–Trinajstić information content (AvgIpc) is 3.17. The third-order valence-corrected chi connectivity index (χ3v) is 7.64. The minimum Gasteiger partial charge on any atom is -0.495 e. The number of nitrogens with zero attached hydrogens (tertiary/aromatic N) is 2. The fraction of sp³-hybridized carbons (Fsp3) is 0.200. The molecule has 0 spiro atoms. The average molecular weight is 545 g/mol. The molecular formula is C25H22Cl2N4O4S. The van der Waals surface area contributed by atoms with Crippen LogP contribution in [0.1, 0.15) is 26.4 Å². The van der Waals surface area contributed by atoms with E-state index in [1.807, 2.05) is 13.8 Å². The summed E-state index contributed by atoms with van der Waals surface area (Å²) < 4.78 is 6.54. The highest BCUT2D eigenvalue weighted by Crippen LogP contribution is 2.33. The first-order valence-corrected chi connectivity index (χ1v) is 12.4. The van der Waals surface area contributed by atoms with Crippen molar-refractivity contribution in [2.45, 2.75) is 27.3 Å². The Morgan fingerprint density at radius 1 is 1.06 bits per heavy atom. The van der Waals surface area contributed by atoms with Crippen LogP contribution in [0.2, 0.25) is 10.0 Å². The lowest BCUT2D eigenvalue weighted by Crippen LogP contribution is -2.28. The first kappa shape index (κ1) is 25.7. The highest BCUT2D eigenvalue weighted by Gasteiger charge is 2.21. The van der Waals surface area contributed by atoms with E-state index in [-0.39, 0.29) is 11.9 Å². The predicted octanol–water partition coefficient (Wildman–Crippen LogP) is 5.59. The molecule has 8 nitrogen and oxygen atoms in total. The van der Waals surface area contributed by atoms with Crippen LogP contribution in [0, 0.1) is 20.8 Å². The summed E-state index contributed by atoms with van der Waals surface area (Å²) in [5.41, 5.74) is 2.71. The van der Waals surface area contributed by atoms with E-state index in [4.69, 9.17) is 27.9 Å². The van der Waals surface area contributed by atoms with Gasteiger partial charge in [0, 0.05) is 21.8 Å². The molecule has 186 valence electrons. The van der Waals surface area contributed by atoms with Crippen molar-refractivity contribution < 1.29 is 14.3 Å². The molecule has 0 saturated carbocycles. The smallest absolute Gasteiger partial charge is 0.266 e. The molecule has 36 heavy (non-hydrogen) atoms. The van der Waals surface area contributed by atoms with Crippen LogP contribution < -0.4 is 20.9 Å². The molecule has 0 fully saturated rings. The maximum Gasteiger partial charge on any atom is 0.266 e. The van der Waals surface area contributed by atoms with Gasteiger partial charge < -0.3 is 15.4 Å². The van der Waals surface area contributed by atoms with Crippen molar-refractivity contribution in [1.29, 1.82) is 0 Å². The second-order valence-corrected chi connectivity index (χ2v) is 10.00. The Bertz CT molecular complexity index is 1580. The largest absolute Gasteiger partial charge is 0.495 e. The number of aryl methyl sites for hydroxylation is 3. The van der Waals surface area contributed by atoms with Crippen molar-refractivity contribution in [2.24, 2.45) is 0 Å². The number of ether oxygens (including phenoxy) is 1. The zero-order valence-electron chi connectivity index (χ0n) is 19.9. The van der Waals surface area contributed by atoms with Crippen LogP contribution in [0.25, 0.3) is 10.2 Å². The number of rotatable bonds is 6. The van der Waals surface area contributed by atoms with Gasteiger partial charge in [0.15, 0.2) is 0 Å². The summed E-state index contributed by atoms with van der Waals surface area (Å²) in [6, 6.07) is 8.51. The van der Waals surface area contributed by atoms with Gasteiger partial charge in [-0.1, -0.05) is 29.3 Å². The minimum atomic E-state index is -0.412. The molecule has 0 bridgehead atoms. The number of nitrogens with one attached hydrogen (secondary N) is 2. The van der Waals surface area contributed by atoms with Crippen molar-refractivity contribution in [3.63, 3.8) is 0 Å². The Kier molecular flexibility index (Phi) is 7.35. The molecule has 2 aromatic heterocycles. The van der Waals surface area contributed by atoms with E-state index in [2.05, 4.69) is 15.6 Å².